The third-order valence-electron chi connectivity index (χ3n) is 2.34. The van der Waals surface area contributed by atoms with Crippen LogP contribution < -0.4 is 16.4 Å². The predicted molar refractivity (Wildman–Crippen MR) is 68.3 cm³/mol. The van der Waals surface area contributed by atoms with Gasteiger partial charge in [0.1, 0.15) is 18.5 Å². The van der Waals surface area contributed by atoms with E-state index >= 15 is 0 Å². The van der Waals surface area contributed by atoms with E-state index in [4.69, 9.17) is 23.1 Å². The first-order chi connectivity index (χ1) is 8.82. The summed E-state index contributed by atoms with van der Waals surface area (Å²) >= 11 is 5.61. The first-order valence-electron chi connectivity index (χ1n) is 5.23. The SMILES string of the molecule is CN(C(=O)C(N)COC(N)=O)c1ccc(F)c(Cl)c1. The molecule has 0 aromatic heterocycles. The number of hydrogen-bond donors (Lipinski definition) is 2. The first kappa shape index (κ1) is 15.2. The van der Waals surface area contributed by atoms with E-state index in [1.807, 2.05) is 0 Å². The Morgan fingerprint density at radius 1 is 1.53 bits per heavy atom. The van der Waals surface area contributed by atoms with Gasteiger partial charge in [0, 0.05) is 12.7 Å². The van der Waals surface area contributed by atoms with Gasteiger partial charge in [-0.3, -0.25) is 4.79 Å². The van der Waals surface area contributed by atoms with Crippen LogP contribution >= 0.6 is 11.6 Å². The molecular weight excluding hydrogens is 277 g/mol. The third-order valence-corrected chi connectivity index (χ3v) is 2.63. The summed E-state index contributed by atoms with van der Waals surface area (Å²) in [6, 6.07) is 2.73. The molecule has 2 amide bonds. The molecule has 1 rings (SSSR count). The summed E-state index contributed by atoms with van der Waals surface area (Å²) in [6.45, 7) is -0.340. The van der Waals surface area contributed by atoms with Gasteiger partial charge in [-0.05, 0) is 18.2 Å². The number of ether oxygens (including phenoxy) is 1. The number of benzene rings is 1. The summed E-state index contributed by atoms with van der Waals surface area (Å²) in [4.78, 5) is 23.5. The van der Waals surface area contributed by atoms with Crippen molar-refractivity contribution in [1.82, 2.24) is 0 Å². The highest BCUT2D eigenvalue weighted by Crippen LogP contribution is 2.22. The van der Waals surface area contributed by atoms with Crippen molar-refractivity contribution in [2.45, 2.75) is 6.04 Å². The van der Waals surface area contributed by atoms with Crippen LogP contribution in [0.15, 0.2) is 18.2 Å². The molecule has 0 aliphatic carbocycles. The minimum absolute atomic E-state index is 0.112. The van der Waals surface area contributed by atoms with Crippen molar-refractivity contribution >= 4 is 29.3 Å². The number of anilines is 1. The quantitative estimate of drug-likeness (QED) is 0.859. The van der Waals surface area contributed by atoms with Gasteiger partial charge in [0.25, 0.3) is 0 Å². The zero-order valence-electron chi connectivity index (χ0n) is 10.1. The molecule has 6 nitrogen and oxygen atoms in total. The van der Waals surface area contributed by atoms with Crippen LogP contribution in [0.25, 0.3) is 0 Å². The van der Waals surface area contributed by atoms with E-state index in [2.05, 4.69) is 4.74 Å². The average Bonchev–Trinajstić information content (AvgIpc) is 2.37. The lowest BCUT2D eigenvalue weighted by molar-refractivity contribution is -0.120. The highest BCUT2D eigenvalue weighted by molar-refractivity contribution is 6.31. The van der Waals surface area contributed by atoms with E-state index in [0.29, 0.717) is 5.69 Å². The Labute approximate surface area is 114 Å². The van der Waals surface area contributed by atoms with Crippen LogP contribution in [0.3, 0.4) is 0 Å². The molecule has 0 radical (unpaired) electrons. The molecule has 0 fully saturated rings. The number of nitrogens with two attached hydrogens (primary N) is 2. The molecule has 1 aromatic carbocycles. The molecule has 0 aliphatic rings. The second-order valence-corrected chi connectivity index (χ2v) is 4.14. The van der Waals surface area contributed by atoms with E-state index in [-0.39, 0.29) is 11.6 Å². The van der Waals surface area contributed by atoms with Crippen LogP contribution in [0.4, 0.5) is 14.9 Å². The zero-order valence-corrected chi connectivity index (χ0v) is 10.9. The Morgan fingerprint density at radius 3 is 2.68 bits per heavy atom. The normalized spacial score (nSPS) is 11.8. The summed E-state index contributed by atoms with van der Waals surface area (Å²) in [5.74, 6) is -1.11. The van der Waals surface area contributed by atoms with Crippen molar-refractivity contribution in [3.63, 3.8) is 0 Å². The lowest BCUT2D eigenvalue weighted by atomic mass is 10.2. The molecule has 1 unspecified atom stereocenters. The van der Waals surface area contributed by atoms with Gasteiger partial charge in [-0.1, -0.05) is 11.6 Å². The molecule has 4 N–H and O–H groups in total. The zero-order chi connectivity index (χ0) is 14.6. The lowest BCUT2D eigenvalue weighted by Crippen LogP contribution is -2.45. The Bertz CT molecular complexity index is 498. The van der Waals surface area contributed by atoms with Crippen LogP contribution in [-0.4, -0.2) is 31.7 Å². The Morgan fingerprint density at radius 2 is 2.16 bits per heavy atom. The minimum atomic E-state index is -1.07. The number of likely N-dealkylation sites (N-methyl/N-ethyl adjacent to an activating group) is 1. The van der Waals surface area contributed by atoms with Crippen molar-refractivity contribution < 1.29 is 18.7 Å². The average molecular weight is 290 g/mol. The topological polar surface area (TPSA) is 98.7 Å². The number of hydrogen-bond acceptors (Lipinski definition) is 4. The lowest BCUT2D eigenvalue weighted by Gasteiger charge is -2.21. The molecule has 0 saturated carbocycles. The molecule has 0 saturated heterocycles. The van der Waals surface area contributed by atoms with Crippen molar-refractivity contribution in [2.75, 3.05) is 18.6 Å². The van der Waals surface area contributed by atoms with Gasteiger partial charge in [-0.25, -0.2) is 9.18 Å². The maximum absolute atomic E-state index is 13.0. The molecule has 0 bridgehead atoms. The number of halogens is 2. The van der Waals surface area contributed by atoms with Crippen molar-refractivity contribution in [1.29, 1.82) is 0 Å². The summed E-state index contributed by atoms with van der Waals surface area (Å²) in [5.41, 5.74) is 10.7. The van der Waals surface area contributed by atoms with Crippen LogP contribution in [0.2, 0.25) is 5.02 Å². The summed E-state index contributed by atoms with van der Waals surface area (Å²) in [6.07, 6.45) is -1.02. The van der Waals surface area contributed by atoms with Crippen LogP contribution in [0.5, 0.6) is 0 Å². The highest BCUT2D eigenvalue weighted by atomic mass is 35.5. The van der Waals surface area contributed by atoms with Crippen molar-refractivity contribution in [2.24, 2.45) is 11.5 Å². The highest BCUT2D eigenvalue weighted by Gasteiger charge is 2.21. The Hall–Kier alpha value is -1.86. The molecule has 0 spiro atoms. The van der Waals surface area contributed by atoms with Gasteiger partial charge in [0.15, 0.2) is 0 Å². The van der Waals surface area contributed by atoms with E-state index in [9.17, 15) is 14.0 Å². The van der Waals surface area contributed by atoms with Crippen LogP contribution in [-0.2, 0) is 9.53 Å². The van der Waals surface area contributed by atoms with Gasteiger partial charge < -0.3 is 21.1 Å². The van der Waals surface area contributed by atoms with E-state index in [0.717, 1.165) is 6.07 Å². The molecule has 104 valence electrons. The number of carbonyl (C=O) groups is 2. The fourth-order valence-electron chi connectivity index (χ4n) is 1.31. The summed E-state index contributed by atoms with van der Waals surface area (Å²) in [5, 5.41) is -0.112. The number of nitrogens with zero attached hydrogens (tertiary/aromatic N) is 1. The smallest absolute Gasteiger partial charge is 0.404 e. The van der Waals surface area contributed by atoms with Gasteiger partial charge in [0.2, 0.25) is 5.91 Å². The number of primary amides is 1. The predicted octanol–water partition coefficient (Wildman–Crippen LogP) is 0.865. The minimum Gasteiger partial charge on any atom is -0.447 e. The fraction of sp³-hybridized carbons (Fsp3) is 0.273. The second-order valence-electron chi connectivity index (χ2n) is 3.73. The standard InChI is InChI=1S/C11H13ClFN3O3/c1-16(6-2-3-8(13)7(12)4-6)10(17)9(14)5-19-11(15)18/h2-4,9H,5,14H2,1H3,(H2,15,18). The summed E-state index contributed by atoms with van der Waals surface area (Å²) < 4.78 is 17.4. The van der Waals surface area contributed by atoms with E-state index in [1.165, 1.54) is 24.1 Å². The molecule has 19 heavy (non-hydrogen) atoms. The van der Waals surface area contributed by atoms with Crippen molar-refractivity contribution in [3.8, 4) is 0 Å². The van der Waals surface area contributed by atoms with Gasteiger partial charge in [-0.2, -0.15) is 0 Å². The van der Waals surface area contributed by atoms with Crippen LogP contribution in [0.1, 0.15) is 0 Å². The monoisotopic (exact) mass is 289 g/mol. The van der Waals surface area contributed by atoms with Crippen molar-refractivity contribution in [3.05, 3.63) is 29.0 Å². The van der Waals surface area contributed by atoms with Gasteiger partial charge in [-0.15, -0.1) is 0 Å². The molecule has 1 atom stereocenters. The molecule has 8 heteroatoms. The molecule has 0 heterocycles. The molecule has 0 aliphatic heterocycles. The second kappa shape index (κ2) is 6.35. The Kier molecular flexibility index (Phi) is 5.08. The van der Waals surface area contributed by atoms with Crippen LogP contribution in [0, 0.1) is 5.82 Å². The summed E-state index contributed by atoms with van der Waals surface area (Å²) in [7, 11) is 1.44. The van der Waals surface area contributed by atoms with E-state index < -0.39 is 23.9 Å². The number of rotatable bonds is 4. The fourth-order valence-corrected chi connectivity index (χ4v) is 1.49. The maximum Gasteiger partial charge on any atom is 0.404 e. The maximum atomic E-state index is 13.0. The molecule has 1 aromatic rings. The van der Waals surface area contributed by atoms with Gasteiger partial charge >= 0.3 is 6.09 Å². The first-order valence-corrected chi connectivity index (χ1v) is 5.61. The number of amides is 2. The van der Waals surface area contributed by atoms with E-state index in [1.54, 1.807) is 0 Å². The van der Waals surface area contributed by atoms with Gasteiger partial charge in [0.05, 0.1) is 5.02 Å². The largest absolute Gasteiger partial charge is 0.447 e. The number of carbonyl (C=O) groups excluding carboxylic acids is 2. The Balaban J connectivity index is 2.75. The molecular formula is C11H13ClFN3O3. The third kappa shape index (κ3) is 4.08.